The van der Waals surface area contributed by atoms with E-state index in [1.165, 1.54) is 6.92 Å². The fourth-order valence-electron chi connectivity index (χ4n) is 1.76. The van der Waals surface area contributed by atoms with Gasteiger partial charge < -0.3 is 15.7 Å². The first-order chi connectivity index (χ1) is 9.34. The molecule has 0 spiro atoms. The molecule has 0 aromatic carbocycles. The van der Waals surface area contributed by atoms with Gasteiger partial charge in [-0.25, -0.2) is 0 Å². The van der Waals surface area contributed by atoms with E-state index in [2.05, 4.69) is 10.6 Å². The largest absolute Gasteiger partial charge is 0.481 e. The van der Waals surface area contributed by atoms with Gasteiger partial charge >= 0.3 is 5.97 Å². The van der Waals surface area contributed by atoms with Gasteiger partial charge in [0.1, 0.15) is 0 Å². The number of hydrogen-bond donors (Lipinski definition) is 3. The summed E-state index contributed by atoms with van der Waals surface area (Å²) >= 11 is 0. The van der Waals surface area contributed by atoms with Crippen molar-refractivity contribution in [2.75, 3.05) is 27.2 Å². The molecule has 7 nitrogen and oxygen atoms in total. The van der Waals surface area contributed by atoms with Gasteiger partial charge in [0.2, 0.25) is 11.8 Å². The summed E-state index contributed by atoms with van der Waals surface area (Å²) in [6.07, 6.45) is 2.22. The number of likely N-dealkylation sites (N-methyl/N-ethyl adjacent to an activating group) is 1. The van der Waals surface area contributed by atoms with Crippen molar-refractivity contribution in [2.24, 2.45) is 0 Å². The number of carboxylic acids is 1. The quantitative estimate of drug-likeness (QED) is 0.295. The number of unbranched alkanes of at least 4 members (excludes halogenated alkanes) is 1. The van der Waals surface area contributed by atoms with Crippen LogP contribution in [0.4, 0.5) is 0 Å². The molecule has 0 aromatic rings. The highest BCUT2D eigenvalue weighted by Crippen LogP contribution is 2.06. The monoisotopic (exact) mass is 293 g/mol. The number of nitrogens with zero attached hydrogens (tertiary/aromatic N) is 1. The van der Waals surface area contributed by atoms with E-state index in [1.54, 1.807) is 0 Å². The van der Waals surface area contributed by atoms with Gasteiger partial charge in [-0.1, -0.05) is 0 Å². The fraction of sp³-hybridized carbons (Fsp3) is 0.769. The Morgan fingerprint density at radius 1 is 1.10 bits per heavy atom. The lowest BCUT2D eigenvalue weighted by Gasteiger charge is -2.23. The van der Waals surface area contributed by atoms with Crippen LogP contribution in [0.5, 0.6) is 0 Å². The highest BCUT2D eigenvalue weighted by Gasteiger charge is 2.19. The molecule has 2 amide bonds. The molecule has 3 N–H and O–H groups in total. The number of rotatable bonds is 10. The molecular weight excluding hydrogens is 268 g/mol. The first-order valence-corrected chi connectivity index (χ1v) is 6.75. The standard InChI is InChI=1S/C13H25N3O4/c1-10(17)14-8-5-4-6-11(16(2)3)13(20)15-9-7-12(18)19/h11H,4-9H2,1-3H3,(H,14,17)(H,15,20)(H,18,19)/i2+1,4+1,5+1,6+1,8+1,14+1. The molecule has 0 aromatic heterocycles. The zero-order chi connectivity index (χ0) is 15.5. The number of amides is 2. The average molecular weight is 293 g/mol. The van der Waals surface area contributed by atoms with E-state index in [9.17, 15) is 14.4 Å². The third-order valence-corrected chi connectivity index (χ3v) is 2.84. The average Bonchev–Trinajstić information content (AvgIpc) is 2.32. The molecule has 0 saturated heterocycles. The zero-order valence-electron chi connectivity index (χ0n) is 12.4. The van der Waals surface area contributed by atoms with Gasteiger partial charge in [-0.3, -0.25) is 19.3 Å². The van der Waals surface area contributed by atoms with Crippen LogP contribution in [-0.2, 0) is 14.4 Å². The SMILES string of the molecule is CC(=O)[15NH][13CH2][13CH2][13CH2][13CH2]C(C(=O)NCCC(=O)O)N(C)[13CH3]. The number of nitrogens with one attached hydrogen (secondary N) is 2. The van der Waals surface area contributed by atoms with E-state index >= 15 is 0 Å². The minimum Gasteiger partial charge on any atom is -0.481 e. The summed E-state index contributed by atoms with van der Waals surface area (Å²) in [6.45, 7) is 2.22. The van der Waals surface area contributed by atoms with Crippen molar-refractivity contribution in [3.05, 3.63) is 0 Å². The first-order valence-electron chi connectivity index (χ1n) is 6.75. The summed E-state index contributed by atoms with van der Waals surface area (Å²) in [7, 11) is 3.63. The highest BCUT2D eigenvalue weighted by atomic mass is 16.4. The maximum Gasteiger partial charge on any atom is 0.305 e. The molecule has 1 atom stereocenters. The molecular formula is C13H25N3O4. The smallest absolute Gasteiger partial charge is 0.305 e. The Morgan fingerprint density at radius 2 is 1.75 bits per heavy atom. The normalized spacial score (nSPS) is 12.0. The van der Waals surface area contributed by atoms with Crippen LogP contribution >= 0.6 is 0 Å². The van der Waals surface area contributed by atoms with E-state index in [4.69, 9.17) is 5.11 Å². The lowest BCUT2D eigenvalue weighted by molar-refractivity contribution is -0.137. The predicted molar refractivity (Wildman–Crippen MR) is 75.3 cm³/mol. The Bertz CT molecular complexity index is 332. The molecule has 0 rings (SSSR count). The van der Waals surface area contributed by atoms with Gasteiger partial charge in [0.25, 0.3) is 0 Å². The molecule has 0 radical (unpaired) electrons. The molecule has 0 fully saturated rings. The molecule has 0 aliphatic carbocycles. The molecule has 0 saturated carbocycles. The molecule has 1 unspecified atom stereocenters. The third kappa shape index (κ3) is 9.32. The maximum atomic E-state index is 11.9. The summed E-state index contributed by atoms with van der Waals surface area (Å²) in [6, 6.07) is -0.277. The molecule has 116 valence electrons. The van der Waals surface area contributed by atoms with Crippen molar-refractivity contribution in [3.8, 4) is 0 Å². The molecule has 7 heteroatoms. The molecule has 0 heterocycles. The molecule has 20 heavy (non-hydrogen) atoms. The second-order valence-corrected chi connectivity index (χ2v) is 4.89. The van der Waals surface area contributed by atoms with E-state index < -0.39 is 5.97 Å². The van der Waals surface area contributed by atoms with Gasteiger partial charge in [-0.2, -0.15) is 0 Å². The summed E-state index contributed by atoms with van der Waals surface area (Å²) in [4.78, 5) is 34.8. The van der Waals surface area contributed by atoms with Gasteiger partial charge in [-0.15, -0.1) is 0 Å². The fourth-order valence-corrected chi connectivity index (χ4v) is 1.76. The molecule has 0 aliphatic heterocycles. The predicted octanol–water partition coefficient (Wildman–Crippen LogP) is -0.186. The summed E-state index contributed by atoms with van der Waals surface area (Å²) in [5.41, 5.74) is 0. The second-order valence-electron chi connectivity index (χ2n) is 4.89. The number of carbonyl (C=O) groups is 3. The van der Waals surface area contributed by atoms with Crippen molar-refractivity contribution in [2.45, 2.75) is 38.6 Å². The summed E-state index contributed by atoms with van der Waals surface area (Å²) in [5, 5.41) is 13.9. The van der Waals surface area contributed by atoms with Crippen molar-refractivity contribution in [1.82, 2.24) is 15.5 Å². The maximum absolute atomic E-state index is 11.9. The Labute approximate surface area is 119 Å². The van der Waals surface area contributed by atoms with Crippen LogP contribution in [0.3, 0.4) is 0 Å². The van der Waals surface area contributed by atoms with Gasteiger partial charge in [0, 0.05) is 20.0 Å². The Morgan fingerprint density at radius 3 is 2.25 bits per heavy atom. The highest BCUT2D eigenvalue weighted by molar-refractivity contribution is 5.82. The lowest BCUT2D eigenvalue weighted by Crippen LogP contribution is -2.44. The van der Waals surface area contributed by atoms with Gasteiger partial charge in [0.05, 0.1) is 12.5 Å². The first kappa shape index (κ1) is 18.4. The van der Waals surface area contributed by atoms with Crippen molar-refractivity contribution >= 4 is 17.8 Å². The van der Waals surface area contributed by atoms with E-state index in [0.29, 0.717) is 13.0 Å². The lowest BCUT2D eigenvalue weighted by atomic mass is 10.3. The molecule has 0 aliphatic rings. The van der Waals surface area contributed by atoms with Crippen LogP contribution in [-0.4, -0.2) is 61.0 Å². The summed E-state index contributed by atoms with van der Waals surface area (Å²) < 4.78 is 0. The minimum absolute atomic E-state index is 0.0550. The number of aliphatic carboxylic acids is 1. The van der Waals surface area contributed by atoms with Crippen LogP contribution in [0.1, 0.15) is 32.6 Å². The van der Waals surface area contributed by atoms with Crippen LogP contribution < -0.4 is 10.6 Å². The van der Waals surface area contributed by atoms with Crippen LogP contribution in [0.25, 0.3) is 0 Å². The van der Waals surface area contributed by atoms with Crippen molar-refractivity contribution in [3.63, 3.8) is 0 Å². The van der Waals surface area contributed by atoms with Gasteiger partial charge in [0.15, 0.2) is 0 Å². The Balaban J connectivity index is 3.99. The minimum atomic E-state index is -0.929. The van der Waals surface area contributed by atoms with E-state index in [-0.39, 0.29) is 30.8 Å². The van der Waals surface area contributed by atoms with Crippen LogP contribution in [0, 0.1) is 0 Å². The van der Waals surface area contributed by atoms with Crippen LogP contribution in [0.2, 0.25) is 0 Å². The Hall–Kier alpha value is -1.63. The zero-order valence-corrected chi connectivity index (χ0v) is 12.4. The molecule has 0 bridgehead atoms. The Kier molecular flexibility index (Phi) is 9.36. The van der Waals surface area contributed by atoms with Crippen LogP contribution in [0.15, 0.2) is 0 Å². The second kappa shape index (κ2) is 10.2. The van der Waals surface area contributed by atoms with E-state index in [0.717, 1.165) is 12.8 Å². The van der Waals surface area contributed by atoms with E-state index in [1.807, 2.05) is 19.0 Å². The number of hydrogen-bond acceptors (Lipinski definition) is 4. The number of carbonyl (C=O) groups excluding carboxylic acids is 2. The number of carboxylic acid groups (broad SMARTS) is 1. The summed E-state index contributed by atoms with van der Waals surface area (Å²) in [5.74, 6) is -1.14. The topological polar surface area (TPSA) is 98.7 Å². The van der Waals surface area contributed by atoms with Gasteiger partial charge in [-0.05, 0) is 33.4 Å². The third-order valence-electron chi connectivity index (χ3n) is 2.84. The van der Waals surface area contributed by atoms with Crippen molar-refractivity contribution < 1.29 is 19.5 Å². The van der Waals surface area contributed by atoms with Crippen molar-refractivity contribution in [1.29, 1.82) is 0 Å².